The number of pyridine rings is 1. The highest BCUT2D eigenvalue weighted by Crippen LogP contribution is 2.31. The molecule has 1 aromatic heterocycles. The number of para-hydroxylation sites is 1. The summed E-state index contributed by atoms with van der Waals surface area (Å²) in [6.07, 6.45) is 0. The van der Waals surface area contributed by atoms with Crippen molar-refractivity contribution in [3.63, 3.8) is 0 Å². The lowest BCUT2D eigenvalue weighted by molar-refractivity contribution is 0.0476. The first-order valence-corrected chi connectivity index (χ1v) is 12.8. The number of rotatable bonds is 7. The molecular weight excluding hydrogens is 520 g/mol. The minimum absolute atomic E-state index is 0.258. The lowest BCUT2D eigenvalue weighted by atomic mass is 10.0. The molecule has 0 fully saturated rings. The molecule has 1 aliphatic rings. The van der Waals surface area contributed by atoms with Gasteiger partial charge in [-0.2, -0.15) is 0 Å². The van der Waals surface area contributed by atoms with Crippen LogP contribution in [0.2, 0.25) is 0 Å². The highest BCUT2D eigenvalue weighted by Gasteiger charge is 2.36. The quantitative estimate of drug-likeness (QED) is 0.147. The Morgan fingerprint density at radius 1 is 0.780 bits per heavy atom. The second-order valence-corrected chi connectivity index (χ2v) is 9.34. The summed E-state index contributed by atoms with van der Waals surface area (Å²) in [5, 5.41) is 0.581. The van der Waals surface area contributed by atoms with Crippen molar-refractivity contribution in [3.8, 4) is 17.0 Å². The highest BCUT2D eigenvalue weighted by atomic mass is 16.5. The van der Waals surface area contributed by atoms with Crippen molar-refractivity contribution in [3.05, 3.63) is 125 Å². The molecule has 0 saturated carbocycles. The molecule has 200 valence electrons. The van der Waals surface area contributed by atoms with E-state index in [0.717, 1.165) is 4.90 Å². The molecule has 0 radical (unpaired) electrons. The van der Waals surface area contributed by atoms with Gasteiger partial charge in [0.15, 0.2) is 12.4 Å². The number of fused-ring (bicyclic) bond motifs is 2. The Morgan fingerprint density at radius 3 is 2.17 bits per heavy atom. The normalized spacial score (nSPS) is 12.4. The summed E-state index contributed by atoms with van der Waals surface area (Å²) in [5.74, 6) is -1.25. The molecule has 0 aliphatic carbocycles. The number of esters is 1. The summed E-state index contributed by atoms with van der Waals surface area (Å²) >= 11 is 0. The summed E-state index contributed by atoms with van der Waals surface area (Å²) in [5.41, 5.74) is 3.51. The Labute approximate surface area is 234 Å². The van der Waals surface area contributed by atoms with E-state index >= 15 is 0 Å². The number of hydrogen-bond donors (Lipinski definition) is 0. The maximum Gasteiger partial charge on any atom is 0.339 e. The van der Waals surface area contributed by atoms with E-state index in [1.807, 2.05) is 6.07 Å². The van der Waals surface area contributed by atoms with Crippen LogP contribution in [0.4, 0.5) is 5.69 Å². The van der Waals surface area contributed by atoms with Gasteiger partial charge in [-0.3, -0.25) is 14.4 Å². The van der Waals surface area contributed by atoms with Crippen molar-refractivity contribution in [2.75, 3.05) is 18.6 Å². The zero-order valence-electron chi connectivity index (χ0n) is 21.9. The van der Waals surface area contributed by atoms with Crippen molar-refractivity contribution >= 4 is 40.2 Å². The fourth-order valence-corrected chi connectivity index (χ4v) is 4.79. The van der Waals surface area contributed by atoms with E-state index in [-0.39, 0.29) is 23.2 Å². The molecule has 5 aromatic rings. The van der Waals surface area contributed by atoms with Crippen LogP contribution in [-0.4, -0.2) is 42.3 Å². The zero-order valence-corrected chi connectivity index (χ0v) is 21.9. The van der Waals surface area contributed by atoms with Crippen molar-refractivity contribution in [1.82, 2.24) is 4.98 Å². The summed E-state index contributed by atoms with van der Waals surface area (Å²) in [4.78, 5) is 57.5. The summed E-state index contributed by atoms with van der Waals surface area (Å²) in [7, 11) is 1.51. The first kappa shape index (κ1) is 25.6. The molecular formula is C33H22N2O6. The number of nitrogens with zero attached hydrogens (tertiary/aromatic N) is 2. The number of carbonyl (C=O) groups is 4. The van der Waals surface area contributed by atoms with Crippen LogP contribution in [0.1, 0.15) is 41.4 Å². The topological polar surface area (TPSA) is 103 Å². The highest BCUT2D eigenvalue weighted by molar-refractivity contribution is 6.34. The Morgan fingerprint density at radius 2 is 1.46 bits per heavy atom. The summed E-state index contributed by atoms with van der Waals surface area (Å²) in [6.45, 7) is -0.438. The third-order valence-electron chi connectivity index (χ3n) is 6.88. The van der Waals surface area contributed by atoms with Gasteiger partial charge in [-0.1, -0.05) is 54.6 Å². The van der Waals surface area contributed by atoms with Crippen LogP contribution in [0.25, 0.3) is 22.2 Å². The molecule has 41 heavy (non-hydrogen) atoms. The van der Waals surface area contributed by atoms with Gasteiger partial charge < -0.3 is 9.47 Å². The van der Waals surface area contributed by atoms with E-state index in [4.69, 9.17) is 14.5 Å². The molecule has 8 heteroatoms. The average Bonchev–Trinajstić information content (AvgIpc) is 3.28. The van der Waals surface area contributed by atoms with Crippen molar-refractivity contribution < 1.29 is 28.7 Å². The van der Waals surface area contributed by atoms with Gasteiger partial charge >= 0.3 is 5.97 Å². The minimum atomic E-state index is -0.663. The molecule has 0 spiro atoms. The van der Waals surface area contributed by atoms with Crippen molar-refractivity contribution in [1.29, 1.82) is 0 Å². The third kappa shape index (κ3) is 4.72. The van der Waals surface area contributed by atoms with Crippen LogP contribution < -0.4 is 9.64 Å². The Kier molecular flexibility index (Phi) is 6.57. The molecule has 0 atom stereocenters. The van der Waals surface area contributed by atoms with Crippen molar-refractivity contribution in [2.24, 2.45) is 0 Å². The van der Waals surface area contributed by atoms with Gasteiger partial charge in [0.25, 0.3) is 11.8 Å². The number of aromatic nitrogens is 1. The lowest BCUT2D eigenvalue weighted by Crippen LogP contribution is -2.29. The fraction of sp³-hybridized carbons (Fsp3) is 0.0606. The molecule has 0 N–H and O–H groups in total. The van der Waals surface area contributed by atoms with Crippen LogP contribution in [0.5, 0.6) is 5.75 Å². The Hall–Kier alpha value is -5.63. The number of anilines is 1. The van der Waals surface area contributed by atoms with Gasteiger partial charge in [0.05, 0.1) is 40.7 Å². The van der Waals surface area contributed by atoms with E-state index < -0.39 is 12.6 Å². The maximum absolute atomic E-state index is 13.2. The first-order chi connectivity index (χ1) is 19.9. The molecule has 0 unspecified atom stereocenters. The zero-order chi connectivity index (χ0) is 28.5. The van der Waals surface area contributed by atoms with E-state index in [1.54, 1.807) is 97.1 Å². The molecule has 2 amide bonds. The molecule has 0 saturated heterocycles. The molecule has 1 aliphatic heterocycles. The molecule has 6 rings (SSSR count). The van der Waals surface area contributed by atoms with Gasteiger partial charge in [0.1, 0.15) is 5.75 Å². The van der Waals surface area contributed by atoms with E-state index in [1.165, 1.54) is 7.11 Å². The van der Waals surface area contributed by atoms with Gasteiger partial charge in [-0.05, 0) is 48.5 Å². The number of Topliss-reactive ketones (excluding diaryl/α,β-unsaturated/α-hetero) is 1. The molecule has 8 nitrogen and oxygen atoms in total. The number of carbonyl (C=O) groups excluding carboxylic acids is 4. The fourth-order valence-electron chi connectivity index (χ4n) is 4.79. The predicted molar refractivity (Wildman–Crippen MR) is 152 cm³/mol. The molecule has 2 heterocycles. The number of ketones is 1. The Balaban J connectivity index is 1.27. The monoisotopic (exact) mass is 542 g/mol. The third-order valence-corrected chi connectivity index (χ3v) is 6.88. The standard InChI is InChI=1S/C33H22N2O6/c1-40-23-8-6-7-21(17-23)30(36)19-41-33(39)27-18-29(34-28-12-5-4-9-24(27)28)20-13-15-22(16-14-20)35-31(37)25-10-2-3-11-26(25)32(35)38/h2-18H,19H2,1H3. The SMILES string of the molecule is COc1cccc(C(=O)COC(=O)c2cc(-c3ccc(N4C(=O)c5ccccc5C4=O)cc3)nc3ccccc23)c1. The Bertz CT molecular complexity index is 1830. The van der Waals surface area contributed by atoms with Gasteiger partial charge in [-0.25, -0.2) is 14.7 Å². The maximum atomic E-state index is 13.2. The summed E-state index contributed by atoms with van der Waals surface area (Å²) < 4.78 is 10.6. The lowest BCUT2D eigenvalue weighted by Gasteiger charge is -2.15. The number of imide groups is 1. The van der Waals surface area contributed by atoms with Gasteiger partial charge in [-0.15, -0.1) is 0 Å². The van der Waals surface area contributed by atoms with Gasteiger partial charge in [0, 0.05) is 16.5 Å². The smallest absolute Gasteiger partial charge is 0.339 e. The average molecular weight is 543 g/mol. The van der Waals surface area contributed by atoms with E-state index in [9.17, 15) is 19.2 Å². The van der Waals surface area contributed by atoms with Crippen LogP contribution in [-0.2, 0) is 4.74 Å². The number of ether oxygens (including phenoxy) is 2. The van der Waals surface area contributed by atoms with E-state index in [2.05, 4.69) is 0 Å². The number of amides is 2. The largest absolute Gasteiger partial charge is 0.497 e. The summed E-state index contributed by atoms with van der Waals surface area (Å²) in [6, 6.07) is 28.9. The van der Waals surface area contributed by atoms with Crippen molar-refractivity contribution in [2.45, 2.75) is 0 Å². The van der Waals surface area contributed by atoms with Crippen LogP contribution >= 0.6 is 0 Å². The van der Waals surface area contributed by atoms with Crippen LogP contribution in [0.15, 0.2) is 103 Å². The number of methoxy groups -OCH3 is 1. The number of hydrogen-bond acceptors (Lipinski definition) is 7. The predicted octanol–water partition coefficient (Wildman–Crippen LogP) is 5.75. The second kappa shape index (κ2) is 10.5. The first-order valence-electron chi connectivity index (χ1n) is 12.8. The number of benzene rings is 4. The second-order valence-electron chi connectivity index (χ2n) is 9.34. The minimum Gasteiger partial charge on any atom is -0.497 e. The van der Waals surface area contributed by atoms with E-state index in [0.29, 0.717) is 50.3 Å². The molecule has 0 bridgehead atoms. The van der Waals surface area contributed by atoms with Crippen LogP contribution in [0, 0.1) is 0 Å². The molecule has 4 aromatic carbocycles. The van der Waals surface area contributed by atoms with Gasteiger partial charge in [0.2, 0.25) is 0 Å². The van der Waals surface area contributed by atoms with Crippen LogP contribution in [0.3, 0.4) is 0 Å².